The number of anilines is 2. The maximum absolute atomic E-state index is 17.1. The first-order valence-corrected chi connectivity index (χ1v) is 18.5. The Kier molecular flexibility index (Phi) is 11.0. The van der Waals surface area contributed by atoms with E-state index in [1.807, 2.05) is 6.07 Å². The number of carbonyl (C=O) groups excluding carboxylic acids is 3. The van der Waals surface area contributed by atoms with Gasteiger partial charge < -0.3 is 14.4 Å². The first kappa shape index (κ1) is 39.0. The van der Waals surface area contributed by atoms with Crippen molar-refractivity contribution in [2.75, 3.05) is 50.6 Å². The third-order valence-electron chi connectivity index (χ3n) is 9.66. The van der Waals surface area contributed by atoms with Gasteiger partial charge in [0.05, 0.1) is 20.8 Å². The molecule has 2 aromatic carbocycles. The zero-order valence-electron chi connectivity index (χ0n) is 30.4. The summed E-state index contributed by atoms with van der Waals surface area (Å²) in [6.45, 7) is 6.38. The third-order valence-corrected chi connectivity index (χ3v) is 11.1. The van der Waals surface area contributed by atoms with Crippen LogP contribution in [0.15, 0.2) is 18.2 Å². The molecule has 286 valence electrons. The number of nitriles is 1. The van der Waals surface area contributed by atoms with Gasteiger partial charge in [0.15, 0.2) is 5.82 Å². The number of ether oxygens (including phenoxy) is 2. The number of benzene rings is 2. The fourth-order valence-corrected chi connectivity index (χ4v) is 8.55. The number of rotatable bonds is 11. The van der Waals surface area contributed by atoms with Crippen molar-refractivity contribution >= 4 is 73.2 Å². The number of hydrogen-bond donors (Lipinski definition) is 1. The number of nitrogens with one attached hydrogen (secondary N) is 1. The Bertz CT molecular complexity index is 2190. The minimum atomic E-state index is -1.00. The predicted molar refractivity (Wildman–Crippen MR) is 200 cm³/mol. The van der Waals surface area contributed by atoms with Gasteiger partial charge in [0, 0.05) is 56.4 Å². The van der Waals surface area contributed by atoms with Gasteiger partial charge in [0.25, 0.3) is 0 Å². The zero-order chi connectivity index (χ0) is 39.1. The molecule has 0 aliphatic carbocycles. The molecule has 12 nitrogen and oxygen atoms in total. The summed E-state index contributed by atoms with van der Waals surface area (Å²) < 4.78 is 58.5. The van der Waals surface area contributed by atoms with Crippen molar-refractivity contribution in [1.29, 1.82) is 5.26 Å². The van der Waals surface area contributed by atoms with Crippen LogP contribution < -0.4 is 15.0 Å². The zero-order valence-corrected chi connectivity index (χ0v) is 32.0. The van der Waals surface area contributed by atoms with Gasteiger partial charge in [-0.05, 0) is 64.3 Å². The van der Waals surface area contributed by atoms with Crippen molar-refractivity contribution in [2.45, 2.75) is 70.2 Å². The quantitative estimate of drug-likeness (QED) is 0.153. The fourth-order valence-electron chi connectivity index (χ4n) is 7.19. The predicted octanol–water partition coefficient (Wildman–Crippen LogP) is 7.45. The van der Waals surface area contributed by atoms with E-state index < -0.39 is 35.0 Å². The fraction of sp³-hybridized carbons (Fsp3) is 0.459. The third kappa shape index (κ3) is 7.62. The van der Waals surface area contributed by atoms with Crippen LogP contribution in [0.1, 0.15) is 58.4 Å². The summed E-state index contributed by atoms with van der Waals surface area (Å²) >= 11 is 7.64. The van der Waals surface area contributed by atoms with Crippen LogP contribution in [0.4, 0.5) is 28.8 Å². The van der Waals surface area contributed by atoms with Gasteiger partial charge >= 0.3 is 12.1 Å². The number of imide groups is 1. The normalized spacial score (nSPS) is 18.4. The summed E-state index contributed by atoms with van der Waals surface area (Å²) in [4.78, 5) is 49.8. The lowest BCUT2D eigenvalue weighted by Crippen LogP contribution is -2.43. The molecule has 0 bridgehead atoms. The van der Waals surface area contributed by atoms with Gasteiger partial charge in [-0.2, -0.15) is 15.2 Å². The topological polar surface area (TPSA) is 141 Å². The first-order valence-electron chi connectivity index (χ1n) is 17.3. The Morgan fingerprint density at radius 1 is 1.26 bits per heavy atom. The van der Waals surface area contributed by atoms with Gasteiger partial charge in [0.1, 0.15) is 46.6 Å². The van der Waals surface area contributed by atoms with Crippen molar-refractivity contribution in [2.24, 2.45) is 0 Å². The maximum atomic E-state index is 17.1. The second kappa shape index (κ2) is 15.2. The highest BCUT2D eigenvalue weighted by atomic mass is 35.5. The van der Waals surface area contributed by atoms with Crippen molar-refractivity contribution < 1.29 is 37.0 Å². The Hall–Kier alpha value is -4.72. The van der Waals surface area contributed by atoms with Gasteiger partial charge in [-0.25, -0.2) is 18.0 Å². The van der Waals surface area contributed by atoms with Crippen molar-refractivity contribution in [1.82, 2.24) is 19.8 Å². The van der Waals surface area contributed by atoms with Crippen LogP contribution in [0.3, 0.4) is 0 Å². The Morgan fingerprint density at radius 3 is 2.72 bits per heavy atom. The monoisotopic (exact) mass is 785 g/mol. The van der Waals surface area contributed by atoms with Crippen molar-refractivity contribution in [3.8, 4) is 23.2 Å². The molecule has 0 spiro atoms. The molecular weight excluding hydrogens is 747 g/mol. The standard InChI is InChI=1S/C37H39ClF3N7O5S/c1-36(2,3)53-35(51)45-33-23(16-42)27-21(9-10-25(40)31(27)54-33)28-24(38)14-22-30(29(28)41)43-34(52-18-37-11-7-13-48(37)17-20(39)15-37)44-32(22)46(4)12-6-8-26(50)47(5)19-49/h9-10,14,19-20H,6-8,11-13,15,17-18H2,1-5H3,(H,45,51)/t20-,37+/m1/s1. The molecule has 1 N–H and O–H groups in total. The molecule has 4 heterocycles. The van der Waals surface area contributed by atoms with Crippen LogP contribution in [0.25, 0.3) is 32.1 Å². The van der Waals surface area contributed by atoms with Crippen LogP contribution >= 0.6 is 22.9 Å². The van der Waals surface area contributed by atoms with E-state index in [-0.39, 0.29) is 91.4 Å². The number of alkyl halides is 1. The largest absolute Gasteiger partial charge is 0.461 e. The van der Waals surface area contributed by atoms with Crippen LogP contribution in [0.5, 0.6) is 6.01 Å². The van der Waals surface area contributed by atoms with Gasteiger partial charge in [-0.15, -0.1) is 11.3 Å². The molecule has 2 fully saturated rings. The van der Waals surface area contributed by atoms with Crippen molar-refractivity contribution in [3.05, 3.63) is 40.4 Å². The maximum Gasteiger partial charge on any atom is 0.412 e. The van der Waals surface area contributed by atoms with E-state index in [0.717, 1.165) is 41.7 Å². The molecule has 2 aromatic heterocycles. The molecule has 2 saturated heterocycles. The molecule has 2 aliphatic rings. The SMILES string of the molecule is CN(C=O)C(=O)CCCN(C)c1nc(OC[C@@]23CCCN2C[C@H](F)C3)nc2c(F)c(-c3ccc(F)c4sc(NC(=O)OC(C)(C)C)c(C#N)c34)c(Cl)cc12. The number of thiophene rings is 1. The van der Waals surface area contributed by atoms with Gasteiger partial charge in [0.2, 0.25) is 12.3 Å². The Morgan fingerprint density at radius 2 is 2.02 bits per heavy atom. The van der Waals surface area contributed by atoms with Gasteiger partial charge in [-0.3, -0.25) is 24.7 Å². The summed E-state index contributed by atoms with van der Waals surface area (Å²) in [5.41, 5.74) is -1.80. The van der Waals surface area contributed by atoms with Crippen LogP contribution in [0, 0.1) is 23.0 Å². The number of amides is 3. The van der Waals surface area contributed by atoms with E-state index in [2.05, 4.69) is 20.2 Å². The van der Waals surface area contributed by atoms with E-state index in [1.54, 1.807) is 32.7 Å². The molecule has 0 radical (unpaired) electrons. The average molecular weight is 786 g/mol. The second-order valence-electron chi connectivity index (χ2n) is 14.6. The van der Waals surface area contributed by atoms with E-state index in [9.17, 15) is 24.0 Å². The van der Waals surface area contributed by atoms with Crippen LogP contribution in [-0.4, -0.2) is 95.8 Å². The second-order valence-corrected chi connectivity index (χ2v) is 16.0. The smallest absolute Gasteiger partial charge is 0.412 e. The number of hydrogen-bond acceptors (Lipinski definition) is 11. The summed E-state index contributed by atoms with van der Waals surface area (Å²) in [7, 11) is 3.06. The van der Waals surface area contributed by atoms with Crippen molar-refractivity contribution in [3.63, 3.8) is 0 Å². The number of fused-ring (bicyclic) bond motifs is 3. The summed E-state index contributed by atoms with van der Waals surface area (Å²) in [6.07, 6.45) is 0.840. The highest BCUT2D eigenvalue weighted by Crippen LogP contribution is 2.47. The lowest BCUT2D eigenvalue weighted by molar-refractivity contribution is -0.136. The molecule has 3 amide bonds. The molecule has 2 aliphatic heterocycles. The molecule has 4 aromatic rings. The number of halogens is 4. The van der Waals surface area contributed by atoms with E-state index in [0.29, 0.717) is 19.4 Å². The first-order chi connectivity index (χ1) is 25.6. The number of aromatic nitrogens is 2. The van der Waals surface area contributed by atoms with Crippen LogP contribution in [0.2, 0.25) is 5.02 Å². The van der Waals surface area contributed by atoms with Crippen LogP contribution in [-0.2, 0) is 14.3 Å². The summed E-state index contributed by atoms with van der Waals surface area (Å²) in [5, 5.41) is 12.9. The highest BCUT2D eigenvalue weighted by Gasteiger charge is 2.49. The molecule has 0 saturated carbocycles. The lowest BCUT2D eigenvalue weighted by atomic mass is 9.95. The number of nitrogens with zero attached hydrogens (tertiary/aromatic N) is 6. The highest BCUT2D eigenvalue weighted by molar-refractivity contribution is 7.23. The lowest BCUT2D eigenvalue weighted by Gasteiger charge is -2.31. The molecular formula is C37H39ClF3N7O5S. The Labute approximate surface area is 318 Å². The minimum absolute atomic E-state index is 0.00734. The summed E-state index contributed by atoms with van der Waals surface area (Å²) in [5.74, 6) is -1.75. The molecule has 6 rings (SSSR count). The van der Waals surface area contributed by atoms with E-state index in [1.165, 1.54) is 19.2 Å². The molecule has 17 heteroatoms. The average Bonchev–Trinajstić information content (AvgIpc) is 3.76. The summed E-state index contributed by atoms with van der Waals surface area (Å²) in [6, 6.07) is 5.74. The molecule has 2 atom stereocenters. The number of carbonyl (C=O) groups is 3. The van der Waals surface area contributed by atoms with E-state index >= 15 is 8.78 Å². The molecule has 0 unspecified atom stereocenters. The van der Waals surface area contributed by atoms with Gasteiger partial charge in [-0.1, -0.05) is 17.7 Å². The minimum Gasteiger partial charge on any atom is -0.461 e. The van der Waals surface area contributed by atoms with E-state index in [4.69, 9.17) is 21.1 Å². The molecule has 54 heavy (non-hydrogen) atoms. The Balaban J connectivity index is 1.45.